The number of fused-ring (bicyclic) bond motifs is 2. The highest BCUT2D eigenvalue weighted by atomic mass is 35.5. The third-order valence-corrected chi connectivity index (χ3v) is 3.40. The molecule has 0 fully saturated rings. The van der Waals surface area contributed by atoms with Crippen LogP contribution in [0, 0.1) is 0 Å². The van der Waals surface area contributed by atoms with Crippen LogP contribution in [0.5, 0.6) is 0 Å². The third-order valence-electron chi connectivity index (χ3n) is 2.76. The largest absolute Gasteiger partial charge is 0.0843 e. The minimum Gasteiger partial charge on any atom is -0.0843 e. The van der Waals surface area contributed by atoms with Gasteiger partial charge < -0.3 is 0 Å². The second-order valence-corrected chi connectivity index (χ2v) is 4.59. The van der Waals surface area contributed by atoms with Gasteiger partial charge in [-0.2, -0.15) is 0 Å². The van der Waals surface area contributed by atoms with Crippen LogP contribution >= 0.6 is 23.2 Å². The van der Waals surface area contributed by atoms with Crippen molar-refractivity contribution in [2.24, 2.45) is 0 Å². The van der Waals surface area contributed by atoms with Crippen molar-refractivity contribution in [1.82, 2.24) is 0 Å². The van der Waals surface area contributed by atoms with Gasteiger partial charge in [-0.3, -0.25) is 0 Å². The van der Waals surface area contributed by atoms with Crippen LogP contribution in [0.15, 0.2) is 48.5 Å². The van der Waals surface area contributed by atoms with Gasteiger partial charge in [0.1, 0.15) is 0 Å². The van der Waals surface area contributed by atoms with E-state index in [-0.39, 0.29) is 0 Å². The summed E-state index contributed by atoms with van der Waals surface area (Å²) in [5.41, 5.74) is 0. The minimum atomic E-state index is 0.735. The van der Waals surface area contributed by atoms with Gasteiger partial charge in [0.25, 0.3) is 0 Å². The second kappa shape index (κ2) is 3.65. The van der Waals surface area contributed by atoms with Crippen molar-refractivity contribution in [3.63, 3.8) is 0 Å². The predicted molar refractivity (Wildman–Crippen MR) is 71.5 cm³/mol. The zero-order chi connectivity index (χ0) is 11.1. The summed E-state index contributed by atoms with van der Waals surface area (Å²) < 4.78 is 0. The summed E-state index contributed by atoms with van der Waals surface area (Å²) in [4.78, 5) is 0. The van der Waals surface area contributed by atoms with E-state index in [0.717, 1.165) is 31.6 Å². The molecule has 16 heavy (non-hydrogen) atoms. The van der Waals surface area contributed by atoms with Crippen LogP contribution in [0.4, 0.5) is 0 Å². The van der Waals surface area contributed by atoms with E-state index in [2.05, 4.69) is 12.1 Å². The van der Waals surface area contributed by atoms with E-state index in [1.165, 1.54) is 0 Å². The number of halogens is 2. The van der Waals surface area contributed by atoms with Crippen molar-refractivity contribution in [1.29, 1.82) is 0 Å². The summed E-state index contributed by atoms with van der Waals surface area (Å²) in [7, 11) is 0. The van der Waals surface area contributed by atoms with Gasteiger partial charge in [-0.15, -0.1) is 0 Å². The Morgan fingerprint density at radius 1 is 0.688 bits per heavy atom. The highest BCUT2D eigenvalue weighted by Crippen LogP contribution is 2.33. The lowest BCUT2D eigenvalue weighted by Gasteiger charge is -2.06. The molecule has 0 aliphatic rings. The Bertz CT molecular complexity index is 687. The lowest BCUT2D eigenvalue weighted by atomic mass is 10.0. The van der Waals surface area contributed by atoms with Gasteiger partial charge in [-0.25, -0.2) is 0 Å². The Hall–Kier alpha value is -1.24. The first kappa shape index (κ1) is 9.95. The first-order valence-corrected chi connectivity index (χ1v) is 5.78. The molecule has 0 nitrogen and oxygen atoms in total. The maximum Gasteiger partial charge on any atom is 0.0562 e. The Kier molecular flexibility index (Phi) is 2.27. The number of rotatable bonds is 0. The molecule has 0 amide bonds. The molecule has 0 N–H and O–H groups in total. The number of hydrogen-bond donors (Lipinski definition) is 0. The molecule has 0 aliphatic heterocycles. The molecule has 0 aromatic heterocycles. The molecular weight excluding hydrogens is 239 g/mol. The van der Waals surface area contributed by atoms with Gasteiger partial charge in [0.2, 0.25) is 0 Å². The highest BCUT2D eigenvalue weighted by Gasteiger charge is 2.05. The quantitative estimate of drug-likeness (QED) is 0.473. The Morgan fingerprint density at radius 3 is 2.31 bits per heavy atom. The van der Waals surface area contributed by atoms with Crippen molar-refractivity contribution in [2.45, 2.75) is 0 Å². The van der Waals surface area contributed by atoms with E-state index in [4.69, 9.17) is 23.2 Å². The van der Waals surface area contributed by atoms with E-state index in [1.807, 2.05) is 36.4 Å². The van der Waals surface area contributed by atoms with Crippen LogP contribution in [-0.2, 0) is 0 Å². The molecule has 3 aromatic carbocycles. The van der Waals surface area contributed by atoms with Crippen molar-refractivity contribution >= 4 is 44.7 Å². The topological polar surface area (TPSA) is 0 Å². The van der Waals surface area contributed by atoms with Crippen molar-refractivity contribution in [3.8, 4) is 0 Å². The molecule has 78 valence electrons. The van der Waals surface area contributed by atoms with Crippen LogP contribution in [0.3, 0.4) is 0 Å². The smallest absolute Gasteiger partial charge is 0.0562 e. The summed E-state index contributed by atoms with van der Waals surface area (Å²) in [5, 5.41) is 5.88. The lowest BCUT2D eigenvalue weighted by Crippen LogP contribution is -1.79. The SMILES string of the molecule is Clc1ccc2c(Cl)c3ccccc3cc2c1. The second-order valence-electron chi connectivity index (χ2n) is 3.78. The van der Waals surface area contributed by atoms with Gasteiger partial charge in [0.15, 0.2) is 0 Å². The van der Waals surface area contributed by atoms with E-state index >= 15 is 0 Å². The van der Waals surface area contributed by atoms with Crippen LogP contribution in [0.1, 0.15) is 0 Å². The molecule has 0 spiro atoms. The fourth-order valence-electron chi connectivity index (χ4n) is 1.99. The van der Waals surface area contributed by atoms with E-state index in [0.29, 0.717) is 0 Å². The summed E-state index contributed by atoms with van der Waals surface area (Å²) in [6.45, 7) is 0. The van der Waals surface area contributed by atoms with Crippen molar-refractivity contribution in [2.75, 3.05) is 0 Å². The maximum atomic E-state index is 6.38. The van der Waals surface area contributed by atoms with Crippen molar-refractivity contribution in [3.05, 3.63) is 58.6 Å². The van der Waals surface area contributed by atoms with Crippen LogP contribution in [0.25, 0.3) is 21.5 Å². The van der Waals surface area contributed by atoms with E-state index in [1.54, 1.807) is 0 Å². The summed E-state index contributed by atoms with van der Waals surface area (Å²) in [6, 6.07) is 16.0. The van der Waals surface area contributed by atoms with Gasteiger partial charge in [-0.1, -0.05) is 53.5 Å². The average molecular weight is 247 g/mol. The summed E-state index contributed by atoms with van der Waals surface area (Å²) >= 11 is 12.4. The molecule has 0 saturated heterocycles. The molecule has 2 heteroatoms. The Balaban J connectivity index is 2.55. The summed E-state index contributed by atoms with van der Waals surface area (Å²) in [6.07, 6.45) is 0. The van der Waals surface area contributed by atoms with Crippen LogP contribution in [-0.4, -0.2) is 0 Å². The molecule has 0 atom stereocenters. The molecule has 0 saturated carbocycles. The fourth-order valence-corrected chi connectivity index (χ4v) is 2.51. The zero-order valence-corrected chi connectivity index (χ0v) is 9.89. The molecular formula is C14H8Cl2. The number of hydrogen-bond acceptors (Lipinski definition) is 0. The third kappa shape index (κ3) is 1.46. The monoisotopic (exact) mass is 246 g/mol. The highest BCUT2D eigenvalue weighted by molar-refractivity contribution is 6.41. The first-order valence-electron chi connectivity index (χ1n) is 5.02. The molecule has 3 rings (SSSR count). The predicted octanol–water partition coefficient (Wildman–Crippen LogP) is 5.30. The lowest BCUT2D eigenvalue weighted by molar-refractivity contribution is 1.76. The maximum absolute atomic E-state index is 6.38. The Morgan fingerprint density at radius 2 is 1.44 bits per heavy atom. The van der Waals surface area contributed by atoms with E-state index < -0.39 is 0 Å². The molecule has 0 heterocycles. The standard InChI is InChI=1S/C14H8Cl2/c15-11-5-6-13-10(8-11)7-9-3-1-2-4-12(9)14(13)16/h1-8H. The number of benzene rings is 3. The fraction of sp³-hybridized carbons (Fsp3) is 0. The molecule has 0 bridgehead atoms. The van der Waals surface area contributed by atoms with Gasteiger partial charge in [-0.05, 0) is 29.0 Å². The first-order chi connectivity index (χ1) is 7.75. The van der Waals surface area contributed by atoms with E-state index in [9.17, 15) is 0 Å². The van der Waals surface area contributed by atoms with Gasteiger partial charge in [0, 0.05) is 15.8 Å². The molecule has 0 unspecified atom stereocenters. The van der Waals surface area contributed by atoms with Crippen molar-refractivity contribution < 1.29 is 0 Å². The summed E-state index contributed by atoms with van der Waals surface area (Å²) in [5.74, 6) is 0. The van der Waals surface area contributed by atoms with Crippen LogP contribution in [0.2, 0.25) is 10.0 Å². The molecule has 3 aromatic rings. The molecule has 0 radical (unpaired) electrons. The zero-order valence-electron chi connectivity index (χ0n) is 8.37. The van der Waals surface area contributed by atoms with Gasteiger partial charge in [0.05, 0.1) is 5.02 Å². The molecule has 0 aliphatic carbocycles. The Labute approximate surface area is 103 Å². The minimum absolute atomic E-state index is 0.735. The normalized spacial score (nSPS) is 11.1. The van der Waals surface area contributed by atoms with Crippen LogP contribution < -0.4 is 0 Å². The van der Waals surface area contributed by atoms with Gasteiger partial charge >= 0.3 is 0 Å². The average Bonchev–Trinajstić information content (AvgIpc) is 2.29.